The lowest BCUT2D eigenvalue weighted by atomic mass is 10.2. The summed E-state index contributed by atoms with van der Waals surface area (Å²) in [7, 11) is 1.67. The zero-order chi connectivity index (χ0) is 21.2. The third kappa shape index (κ3) is 4.19. The highest BCUT2D eigenvalue weighted by Gasteiger charge is 2.25. The van der Waals surface area contributed by atoms with Crippen molar-refractivity contribution >= 4 is 28.2 Å². The second-order valence-electron chi connectivity index (χ2n) is 7.57. The van der Waals surface area contributed by atoms with Crippen LogP contribution in [-0.2, 0) is 6.54 Å². The molecule has 1 saturated heterocycles. The van der Waals surface area contributed by atoms with Gasteiger partial charge in [-0.3, -0.25) is 9.69 Å². The molecule has 0 radical (unpaired) electrons. The number of benzene rings is 2. The summed E-state index contributed by atoms with van der Waals surface area (Å²) in [5, 5.41) is 4.14. The summed E-state index contributed by atoms with van der Waals surface area (Å²) in [6.07, 6.45) is 0. The molecule has 0 spiro atoms. The summed E-state index contributed by atoms with van der Waals surface area (Å²) in [4.78, 5) is 21.9. The van der Waals surface area contributed by atoms with Crippen LogP contribution in [0, 0.1) is 0 Å². The highest BCUT2D eigenvalue weighted by Crippen LogP contribution is 2.25. The number of methoxy groups -OCH3 is 1. The molecule has 7 heteroatoms. The molecule has 0 unspecified atom stereocenters. The van der Waals surface area contributed by atoms with Crippen molar-refractivity contribution in [1.82, 2.24) is 14.8 Å². The standard InChI is InChI=1S/C24H23N3O3S/c1-29-19-8-6-17(7-9-19)20-16-31-23(25-20)15-26-10-12-27(13-11-26)24(28)22-14-18-4-2-3-5-21(18)30-22/h2-9,14,16H,10-13,15H2,1H3. The number of aromatic nitrogens is 1. The van der Waals surface area contributed by atoms with Crippen LogP contribution >= 0.6 is 11.3 Å². The SMILES string of the molecule is COc1ccc(-c2csc(CN3CCN(C(=O)c4cc5ccccc5o4)CC3)n2)cc1. The fourth-order valence-corrected chi connectivity index (χ4v) is 4.67. The predicted molar refractivity (Wildman–Crippen MR) is 121 cm³/mol. The monoisotopic (exact) mass is 433 g/mol. The molecule has 0 saturated carbocycles. The molecule has 1 aliphatic rings. The maximum atomic E-state index is 12.8. The molecule has 31 heavy (non-hydrogen) atoms. The quantitative estimate of drug-likeness (QED) is 0.463. The molecule has 158 valence electrons. The zero-order valence-electron chi connectivity index (χ0n) is 17.3. The van der Waals surface area contributed by atoms with Crippen molar-refractivity contribution in [2.75, 3.05) is 33.3 Å². The second-order valence-corrected chi connectivity index (χ2v) is 8.51. The molecule has 0 aliphatic carbocycles. The summed E-state index contributed by atoms with van der Waals surface area (Å²) in [5.74, 6) is 1.22. The van der Waals surface area contributed by atoms with Gasteiger partial charge in [-0.05, 0) is 36.4 Å². The molecule has 0 N–H and O–H groups in total. The van der Waals surface area contributed by atoms with Crippen molar-refractivity contribution < 1.29 is 13.9 Å². The number of amides is 1. The van der Waals surface area contributed by atoms with Gasteiger partial charge in [0.2, 0.25) is 0 Å². The van der Waals surface area contributed by atoms with Gasteiger partial charge < -0.3 is 14.1 Å². The minimum absolute atomic E-state index is 0.0353. The summed E-state index contributed by atoms with van der Waals surface area (Å²) in [6.45, 7) is 3.82. The molecule has 6 nitrogen and oxygen atoms in total. The minimum Gasteiger partial charge on any atom is -0.497 e. The van der Waals surface area contributed by atoms with E-state index in [4.69, 9.17) is 14.1 Å². The predicted octanol–water partition coefficient (Wildman–Crippen LogP) is 4.52. The number of rotatable bonds is 5. The first-order chi connectivity index (χ1) is 15.2. The Hall–Kier alpha value is -3.16. The van der Waals surface area contributed by atoms with Gasteiger partial charge in [-0.15, -0.1) is 11.3 Å². The third-order valence-corrected chi connectivity index (χ3v) is 6.43. The number of fused-ring (bicyclic) bond motifs is 1. The molecule has 2 aromatic carbocycles. The first kappa shape index (κ1) is 19.8. The fraction of sp³-hybridized carbons (Fsp3) is 0.250. The van der Waals surface area contributed by atoms with Gasteiger partial charge >= 0.3 is 0 Å². The van der Waals surface area contributed by atoms with Crippen molar-refractivity contribution in [3.8, 4) is 17.0 Å². The Morgan fingerprint density at radius 3 is 2.61 bits per heavy atom. The molecule has 3 heterocycles. The number of para-hydroxylation sites is 1. The van der Waals surface area contributed by atoms with E-state index in [0.29, 0.717) is 18.8 Å². The van der Waals surface area contributed by atoms with Crippen LogP contribution in [0.25, 0.3) is 22.2 Å². The maximum absolute atomic E-state index is 12.8. The molecule has 0 bridgehead atoms. The Labute approximate surface area is 184 Å². The Morgan fingerprint density at radius 1 is 1.10 bits per heavy atom. The van der Waals surface area contributed by atoms with Gasteiger partial charge in [0, 0.05) is 42.5 Å². The van der Waals surface area contributed by atoms with Crippen molar-refractivity contribution in [2.45, 2.75) is 6.54 Å². The highest BCUT2D eigenvalue weighted by atomic mass is 32.1. The van der Waals surface area contributed by atoms with Crippen molar-refractivity contribution in [1.29, 1.82) is 0 Å². The van der Waals surface area contributed by atoms with Crippen LogP contribution in [0.1, 0.15) is 15.6 Å². The Balaban J connectivity index is 1.18. The summed E-state index contributed by atoms with van der Waals surface area (Å²) in [5.41, 5.74) is 2.83. The fourth-order valence-electron chi connectivity index (χ4n) is 3.82. The smallest absolute Gasteiger partial charge is 0.289 e. The molecule has 4 aromatic rings. The Bertz CT molecular complexity index is 1160. The van der Waals surface area contributed by atoms with Crippen molar-refractivity contribution in [3.63, 3.8) is 0 Å². The average molecular weight is 434 g/mol. The Morgan fingerprint density at radius 2 is 1.87 bits per heavy atom. The topological polar surface area (TPSA) is 58.8 Å². The number of ether oxygens (including phenoxy) is 1. The van der Waals surface area contributed by atoms with E-state index in [9.17, 15) is 4.79 Å². The number of thiazole rings is 1. The molecule has 5 rings (SSSR count). The van der Waals surface area contributed by atoms with E-state index in [0.717, 1.165) is 52.6 Å². The lowest BCUT2D eigenvalue weighted by molar-refractivity contribution is 0.0600. The molecule has 0 atom stereocenters. The van der Waals surface area contributed by atoms with Crippen LogP contribution in [0.4, 0.5) is 0 Å². The van der Waals surface area contributed by atoms with Crippen molar-refractivity contribution in [2.24, 2.45) is 0 Å². The minimum atomic E-state index is -0.0353. The van der Waals surface area contributed by atoms with Gasteiger partial charge in [0.15, 0.2) is 5.76 Å². The second kappa shape index (κ2) is 8.53. The molecule has 1 fully saturated rings. The summed E-state index contributed by atoms with van der Waals surface area (Å²) in [6, 6.07) is 17.5. The van der Waals surface area contributed by atoms with Gasteiger partial charge in [-0.2, -0.15) is 0 Å². The molecular weight excluding hydrogens is 410 g/mol. The van der Waals surface area contributed by atoms with E-state index in [1.54, 1.807) is 18.4 Å². The van der Waals surface area contributed by atoms with E-state index in [1.165, 1.54) is 0 Å². The number of hydrogen-bond donors (Lipinski definition) is 0. The van der Waals surface area contributed by atoms with Gasteiger partial charge in [0.1, 0.15) is 16.3 Å². The van der Waals surface area contributed by atoms with Gasteiger partial charge in [0.05, 0.1) is 19.3 Å². The van der Waals surface area contributed by atoms with Gasteiger partial charge in [0.25, 0.3) is 5.91 Å². The largest absolute Gasteiger partial charge is 0.497 e. The van der Waals surface area contributed by atoms with Crippen LogP contribution in [0.3, 0.4) is 0 Å². The van der Waals surface area contributed by atoms with Crippen LogP contribution in [0.2, 0.25) is 0 Å². The molecule has 1 aliphatic heterocycles. The lowest BCUT2D eigenvalue weighted by Gasteiger charge is -2.33. The summed E-state index contributed by atoms with van der Waals surface area (Å²) < 4.78 is 11.0. The highest BCUT2D eigenvalue weighted by molar-refractivity contribution is 7.09. The number of piperazine rings is 1. The van der Waals surface area contributed by atoms with E-state index in [2.05, 4.69) is 10.3 Å². The van der Waals surface area contributed by atoms with Gasteiger partial charge in [-0.25, -0.2) is 4.98 Å². The number of carbonyl (C=O) groups is 1. The number of furan rings is 1. The summed E-state index contributed by atoms with van der Waals surface area (Å²) >= 11 is 1.67. The van der Waals surface area contributed by atoms with Gasteiger partial charge in [-0.1, -0.05) is 18.2 Å². The van der Waals surface area contributed by atoms with Crippen LogP contribution in [0.5, 0.6) is 5.75 Å². The normalized spacial score (nSPS) is 14.8. The molecular formula is C24H23N3O3S. The maximum Gasteiger partial charge on any atom is 0.289 e. The van der Waals surface area contributed by atoms with E-state index >= 15 is 0 Å². The first-order valence-corrected chi connectivity index (χ1v) is 11.2. The van der Waals surface area contributed by atoms with Crippen LogP contribution in [0.15, 0.2) is 64.4 Å². The number of carbonyl (C=O) groups excluding carboxylic acids is 1. The first-order valence-electron chi connectivity index (χ1n) is 10.3. The lowest BCUT2D eigenvalue weighted by Crippen LogP contribution is -2.48. The third-order valence-electron chi connectivity index (χ3n) is 5.59. The van der Waals surface area contributed by atoms with E-state index in [1.807, 2.05) is 59.5 Å². The van der Waals surface area contributed by atoms with E-state index < -0.39 is 0 Å². The van der Waals surface area contributed by atoms with Crippen LogP contribution < -0.4 is 4.74 Å². The van der Waals surface area contributed by atoms with Crippen molar-refractivity contribution in [3.05, 3.63) is 70.7 Å². The van der Waals surface area contributed by atoms with E-state index in [-0.39, 0.29) is 5.91 Å². The van der Waals surface area contributed by atoms with Crippen LogP contribution in [-0.4, -0.2) is 54.0 Å². The molecule has 1 amide bonds. The number of hydrogen-bond acceptors (Lipinski definition) is 6. The number of nitrogens with zero attached hydrogens (tertiary/aromatic N) is 3. The molecule has 2 aromatic heterocycles. The Kier molecular flexibility index (Phi) is 5.44. The zero-order valence-corrected chi connectivity index (χ0v) is 18.1. The average Bonchev–Trinajstić information content (AvgIpc) is 3.46.